The second-order valence-electron chi connectivity index (χ2n) is 20.8. The highest BCUT2D eigenvalue weighted by atomic mass is 28.4. The predicted molar refractivity (Wildman–Crippen MR) is 237 cm³/mol. The second-order valence-corrected chi connectivity index (χ2v) is 47.6. The number of Topliss-reactive ketones (excluding diaryl/α,β-unsaturated/α-hetero) is 1. The van der Waals surface area contributed by atoms with Gasteiger partial charge in [-0.2, -0.15) is 0 Å². The van der Waals surface area contributed by atoms with E-state index in [9.17, 15) is 9.59 Å². The normalized spacial score (nSPS) is 27.9. The molecule has 56 heavy (non-hydrogen) atoms. The molecule has 0 radical (unpaired) electrons. The molecule has 0 bridgehead atoms. The van der Waals surface area contributed by atoms with Gasteiger partial charge in [-0.25, -0.2) is 0 Å². The highest BCUT2D eigenvalue weighted by Crippen LogP contribution is 2.40. The smallest absolute Gasteiger partial charge is 0.302 e. The van der Waals surface area contributed by atoms with E-state index in [0.29, 0.717) is 18.1 Å². The number of rotatable bonds is 21. The van der Waals surface area contributed by atoms with Gasteiger partial charge in [0.1, 0.15) is 55.1 Å². The van der Waals surface area contributed by atoms with Gasteiger partial charge in [-0.1, -0.05) is 6.92 Å². The van der Waals surface area contributed by atoms with Crippen LogP contribution >= 0.6 is 0 Å². The molecule has 0 saturated carbocycles. The fraction of sp³-hybridized carbons (Fsp3) is 0.892. The fourth-order valence-corrected chi connectivity index (χ4v) is 11.9. The molecule has 19 heteroatoms. The van der Waals surface area contributed by atoms with Crippen molar-refractivity contribution in [2.45, 2.75) is 194 Å². The summed E-state index contributed by atoms with van der Waals surface area (Å²) in [6.45, 7) is 43.6. The van der Waals surface area contributed by atoms with E-state index >= 15 is 0 Å². The van der Waals surface area contributed by atoms with Crippen molar-refractivity contribution in [1.29, 1.82) is 0 Å². The van der Waals surface area contributed by atoms with Gasteiger partial charge < -0.3 is 50.8 Å². The summed E-state index contributed by atoms with van der Waals surface area (Å²) in [6, 6.07) is -0.710. The van der Waals surface area contributed by atoms with Gasteiger partial charge in [0, 0.05) is 6.92 Å². The van der Waals surface area contributed by atoms with Gasteiger partial charge in [-0.15, -0.1) is 0 Å². The first-order chi connectivity index (χ1) is 25.1. The van der Waals surface area contributed by atoms with Gasteiger partial charge in [0.15, 0.2) is 51.1 Å². The third-order valence-electron chi connectivity index (χ3n) is 7.89. The molecule has 0 amide bonds. The van der Waals surface area contributed by atoms with E-state index in [4.69, 9.17) is 45.5 Å². The Morgan fingerprint density at radius 3 is 1.52 bits per heavy atom. The topological polar surface area (TPSA) is 138 Å². The second kappa shape index (κ2) is 19.9. The van der Waals surface area contributed by atoms with Crippen LogP contribution in [0.2, 0.25) is 118 Å². The first-order valence-electron chi connectivity index (χ1n) is 20.2. The molecule has 1 N–H and O–H groups in total. The lowest BCUT2D eigenvalue weighted by Gasteiger charge is -2.52. The van der Waals surface area contributed by atoms with Crippen LogP contribution in [0.3, 0.4) is 0 Å². The lowest BCUT2D eigenvalue weighted by atomic mass is 9.97. The van der Waals surface area contributed by atoms with Crippen LogP contribution in [0, 0.1) is 0 Å². The summed E-state index contributed by atoms with van der Waals surface area (Å²) < 4.78 is 68.4. The van der Waals surface area contributed by atoms with Crippen LogP contribution in [0.5, 0.6) is 0 Å². The van der Waals surface area contributed by atoms with E-state index in [1.165, 1.54) is 6.92 Å². The maximum atomic E-state index is 13.4. The highest BCUT2D eigenvalue weighted by Gasteiger charge is 2.55. The van der Waals surface area contributed by atoms with Crippen molar-refractivity contribution in [1.82, 2.24) is 5.32 Å². The third-order valence-corrected chi connectivity index (χ3v) is 13.5. The summed E-state index contributed by atoms with van der Waals surface area (Å²) in [5, 5.41) is 3.36. The van der Waals surface area contributed by atoms with Crippen molar-refractivity contribution in [3.05, 3.63) is 11.5 Å². The van der Waals surface area contributed by atoms with E-state index in [1.807, 2.05) is 6.92 Å². The molecule has 4 unspecified atom stereocenters. The molecule has 0 spiro atoms. The minimum absolute atomic E-state index is 0.0674. The molecule has 0 aromatic rings. The number of esters is 1. The molecule has 328 valence electrons. The number of hydrogen-bond donors (Lipinski definition) is 1. The summed E-state index contributed by atoms with van der Waals surface area (Å²) >= 11 is 0. The number of carbonyl (C=O) groups excluding carboxylic acids is 2. The van der Waals surface area contributed by atoms with Crippen LogP contribution in [-0.4, -0.2) is 136 Å². The number of ether oxygens (including phenoxy) is 4. The zero-order chi connectivity index (χ0) is 43.4. The predicted octanol–water partition coefficient (Wildman–Crippen LogP) is 7.42. The summed E-state index contributed by atoms with van der Waals surface area (Å²) in [5.74, 6) is 0.411. The monoisotopic (exact) mass is 897 g/mol. The summed E-state index contributed by atoms with van der Waals surface area (Å²) in [7, 11) is -13.7. The number of likely N-dealkylation sites (N-methyl/N-ethyl adjacent to an activating group) is 1. The SMILES string of the molecule is CCNC(C(C)=O)[C@H]1OC(CO[Si](C)(C)C)[C@H](O[C@H]2OC(COC(C)=O)[C@H](O[Si](C)(C)C)C(O[Si](C)(C)C)[C@H]2O[Si](C)(C)C)C(O[Si](C)(C)C)=C1O[Si](C)(C)C. The summed E-state index contributed by atoms with van der Waals surface area (Å²) in [5.41, 5.74) is 0. The Kier molecular flexibility index (Phi) is 18.3. The van der Waals surface area contributed by atoms with Crippen LogP contribution in [0.25, 0.3) is 0 Å². The Bertz CT molecular complexity index is 1330. The van der Waals surface area contributed by atoms with Crippen molar-refractivity contribution in [2.75, 3.05) is 19.8 Å². The van der Waals surface area contributed by atoms with E-state index in [0.717, 1.165) is 0 Å². The van der Waals surface area contributed by atoms with Crippen molar-refractivity contribution in [3.8, 4) is 0 Å². The lowest BCUT2D eigenvalue weighted by Crippen LogP contribution is -2.67. The highest BCUT2D eigenvalue weighted by molar-refractivity contribution is 6.71. The first kappa shape index (κ1) is 51.6. The van der Waals surface area contributed by atoms with Gasteiger partial charge in [-0.3, -0.25) is 9.59 Å². The van der Waals surface area contributed by atoms with Gasteiger partial charge in [0.2, 0.25) is 16.6 Å². The largest absolute Gasteiger partial charge is 0.543 e. The zero-order valence-electron chi connectivity index (χ0n) is 38.7. The first-order valence-corrected chi connectivity index (χ1v) is 40.7. The Morgan fingerprint density at radius 1 is 0.607 bits per heavy atom. The molecule has 0 aromatic heterocycles. The average Bonchev–Trinajstić information content (AvgIpc) is 2.95. The van der Waals surface area contributed by atoms with Gasteiger partial charge in [0.05, 0.1) is 12.6 Å². The minimum Gasteiger partial charge on any atom is -0.543 e. The molecule has 1 fully saturated rings. The van der Waals surface area contributed by atoms with Gasteiger partial charge >= 0.3 is 5.97 Å². The molecule has 0 aromatic carbocycles. The van der Waals surface area contributed by atoms with Crippen LogP contribution in [-0.2, 0) is 55.1 Å². The Labute approximate surface area is 345 Å². The molecule has 0 aliphatic carbocycles. The summed E-state index contributed by atoms with van der Waals surface area (Å²) in [4.78, 5) is 25.6. The maximum Gasteiger partial charge on any atom is 0.302 e. The van der Waals surface area contributed by atoms with Crippen LogP contribution < -0.4 is 5.32 Å². The average molecular weight is 899 g/mol. The standard InChI is InChI=1S/C37H79NO12Si6/c1-22-38-29(25(2)39)32-35(49-55(16,17)18)33(47-53(10,11)12)30(28(43-32)24-42-51(4,5)6)45-37-36(50-56(19,20)21)34(48-54(13,14)15)31(46-52(7,8)9)27(44-37)23-41-26(3)40/h27-32,34,36-38H,22-24H2,1-21H3/t27?,28?,29?,30-,31-,32+,34?,36+,37+/m0/s1. The lowest BCUT2D eigenvalue weighted by molar-refractivity contribution is -0.312. The molecule has 1 saturated heterocycles. The Hall–Kier alpha value is -0.539. The van der Waals surface area contributed by atoms with Crippen LogP contribution in [0.4, 0.5) is 0 Å². The fourth-order valence-electron chi connectivity index (χ4n) is 6.26. The van der Waals surface area contributed by atoms with E-state index in [1.54, 1.807) is 6.92 Å². The molecule has 13 nitrogen and oxygen atoms in total. The van der Waals surface area contributed by atoms with Gasteiger partial charge in [0.25, 0.3) is 0 Å². The molecular formula is C37H79NO12Si6. The Balaban J connectivity index is 3.05. The number of ketones is 1. The quantitative estimate of drug-likeness (QED) is 0.0905. The number of carbonyl (C=O) groups is 2. The molecule has 9 atom stereocenters. The van der Waals surface area contributed by atoms with Crippen LogP contribution in [0.15, 0.2) is 11.5 Å². The third kappa shape index (κ3) is 18.0. The minimum atomic E-state index is -2.40. The van der Waals surface area contributed by atoms with Crippen molar-refractivity contribution >= 4 is 61.7 Å². The maximum absolute atomic E-state index is 13.4. The molecule has 2 aliphatic heterocycles. The molecule has 2 heterocycles. The van der Waals surface area contributed by atoms with Crippen LogP contribution in [0.1, 0.15) is 20.8 Å². The van der Waals surface area contributed by atoms with Crippen molar-refractivity contribution < 1.29 is 55.1 Å². The summed E-state index contributed by atoms with van der Waals surface area (Å²) in [6.07, 6.45) is -6.19. The number of nitrogens with one attached hydrogen (secondary N) is 1. The Morgan fingerprint density at radius 2 is 1.09 bits per heavy atom. The molecule has 2 aliphatic rings. The van der Waals surface area contributed by atoms with E-state index < -0.39 is 111 Å². The molecular weight excluding hydrogens is 819 g/mol. The van der Waals surface area contributed by atoms with Crippen molar-refractivity contribution in [3.63, 3.8) is 0 Å². The molecule has 2 rings (SSSR count). The van der Waals surface area contributed by atoms with E-state index in [2.05, 4.69) is 123 Å². The number of hydrogen-bond acceptors (Lipinski definition) is 13. The zero-order valence-corrected chi connectivity index (χ0v) is 44.7. The van der Waals surface area contributed by atoms with Crippen molar-refractivity contribution in [2.24, 2.45) is 0 Å². The van der Waals surface area contributed by atoms with Gasteiger partial charge in [-0.05, 0) is 131 Å². The van der Waals surface area contributed by atoms with E-state index in [-0.39, 0.29) is 19.0 Å².